The minimum atomic E-state index is -5.23. The zero-order valence-corrected chi connectivity index (χ0v) is 12.3. The van der Waals surface area contributed by atoms with Gasteiger partial charge < -0.3 is 9.64 Å². The SMILES string of the molecule is Cc1ccccc1N1CC=CC[C@](N)(OC(=O)C(F)(F)F)C1=O. The number of esters is 1. The number of rotatable bonds is 2. The second kappa shape index (κ2) is 6.04. The number of carbonyl (C=O) groups is 2. The van der Waals surface area contributed by atoms with Crippen LogP contribution in [0.25, 0.3) is 0 Å². The van der Waals surface area contributed by atoms with Crippen LogP contribution in [0.4, 0.5) is 18.9 Å². The van der Waals surface area contributed by atoms with E-state index in [1.807, 2.05) is 0 Å². The van der Waals surface area contributed by atoms with Crippen molar-refractivity contribution in [2.24, 2.45) is 5.73 Å². The van der Waals surface area contributed by atoms with Crippen LogP contribution in [0.3, 0.4) is 0 Å². The molecule has 8 heteroatoms. The van der Waals surface area contributed by atoms with Crippen molar-refractivity contribution in [3.63, 3.8) is 0 Å². The molecule has 23 heavy (non-hydrogen) atoms. The van der Waals surface area contributed by atoms with Gasteiger partial charge in [-0.2, -0.15) is 13.2 Å². The summed E-state index contributed by atoms with van der Waals surface area (Å²) in [6.45, 7) is 1.86. The largest absolute Gasteiger partial charge is 0.491 e. The zero-order chi connectivity index (χ0) is 17.3. The number of alkyl halides is 3. The molecule has 1 amide bonds. The van der Waals surface area contributed by atoms with Crippen LogP contribution in [-0.2, 0) is 14.3 Å². The second-order valence-corrected chi connectivity index (χ2v) is 5.15. The highest BCUT2D eigenvalue weighted by atomic mass is 19.4. The summed E-state index contributed by atoms with van der Waals surface area (Å²) in [5.41, 5.74) is 4.52. The minimum absolute atomic E-state index is 0.117. The number of nitrogens with two attached hydrogens (primary N) is 1. The van der Waals surface area contributed by atoms with E-state index in [1.54, 1.807) is 37.3 Å². The summed E-state index contributed by atoms with van der Waals surface area (Å²) < 4.78 is 41.5. The number of ether oxygens (including phenoxy) is 1. The van der Waals surface area contributed by atoms with Crippen LogP contribution in [-0.4, -0.2) is 30.3 Å². The van der Waals surface area contributed by atoms with Crippen molar-refractivity contribution in [2.45, 2.75) is 25.2 Å². The maximum Gasteiger partial charge on any atom is 0.491 e. The third-order valence-electron chi connectivity index (χ3n) is 3.40. The van der Waals surface area contributed by atoms with Gasteiger partial charge in [0, 0.05) is 18.7 Å². The zero-order valence-electron chi connectivity index (χ0n) is 12.3. The van der Waals surface area contributed by atoms with Crippen LogP contribution in [0.2, 0.25) is 0 Å². The number of hydrogen-bond acceptors (Lipinski definition) is 4. The first-order chi connectivity index (χ1) is 10.6. The number of aryl methyl sites for hydroxylation is 1. The molecule has 2 rings (SSSR count). The molecule has 5 nitrogen and oxygen atoms in total. The third-order valence-corrected chi connectivity index (χ3v) is 3.40. The van der Waals surface area contributed by atoms with Crippen molar-refractivity contribution < 1.29 is 27.5 Å². The number of benzene rings is 1. The van der Waals surface area contributed by atoms with E-state index in [2.05, 4.69) is 4.74 Å². The molecular weight excluding hydrogens is 313 g/mol. The number of amides is 1. The number of halogens is 3. The normalized spacial score (nSPS) is 22.0. The Morgan fingerprint density at radius 2 is 1.96 bits per heavy atom. The predicted octanol–water partition coefficient (Wildman–Crippen LogP) is 2.05. The van der Waals surface area contributed by atoms with Crippen molar-refractivity contribution in [3.8, 4) is 0 Å². The second-order valence-electron chi connectivity index (χ2n) is 5.15. The van der Waals surface area contributed by atoms with E-state index < -0.39 is 23.8 Å². The lowest BCUT2D eigenvalue weighted by Gasteiger charge is -2.32. The van der Waals surface area contributed by atoms with Crippen molar-refractivity contribution in [1.82, 2.24) is 0 Å². The molecule has 0 unspecified atom stereocenters. The highest BCUT2D eigenvalue weighted by Crippen LogP contribution is 2.28. The fourth-order valence-corrected chi connectivity index (χ4v) is 2.22. The van der Waals surface area contributed by atoms with Crippen LogP contribution >= 0.6 is 0 Å². The van der Waals surface area contributed by atoms with Gasteiger partial charge in [-0.25, -0.2) is 4.79 Å². The minimum Gasteiger partial charge on any atom is -0.427 e. The van der Waals surface area contributed by atoms with E-state index >= 15 is 0 Å². The Labute approximate surface area is 130 Å². The van der Waals surface area contributed by atoms with Crippen LogP contribution in [0.5, 0.6) is 0 Å². The molecule has 1 aliphatic heterocycles. The van der Waals surface area contributed by atoms with Gasteiger partial charge in [-0.05, 0) is 18.6 Å². The molecule has 0 spiro atoms. The van der Waals surface area contributed by atoms with E-state index in [0.717, 1.165) is 5.56 Å². The summed E-state index contributed by atoms with van der Waals surface area (Å²) in [6.07, 6.45) is -2.56. The summed E-state index contributed by atoms with van der Waals surface area (Å²) in [7, 11) is 0. The molecule has 124 valence electrons. The fourth-order valence-electron chi connectivity index (χ4n) is 2.22. The van der Waals surface area contributed by atoms with Gasteiger partial charge in [0.05, 0.1) is 0 Å². The van der Waals surface area contributed by atoms with Crippen molar-refractivity contribution in [2.75, 3.05) is 11.4 Å². The molecule has 2 N–H and O–H groups in total. The molecule has 0 bridgehead atoms. The number of para-hydroxylation sites is 1. The van der Waals surface area contributed by atoms with E-state index in [0.29, 0.717) is 5.69 Å². The summed E-state index contributed by atoms with van der Waals surface area (Å²) in [6, 6.07) is 6.83. The first-order valence-corrected chi connectivity index (χ1v) is 6.77. The third kappa shape index (κ3) is 3.53. The summed E-state index contributed by atoms with van der Waals surface area (Å²) in [5, 5.41) is 0. The monoisotopic (exact) mass is 328 g/mol. The van der Waals surface area contributed by atoms with Crippen LogP contribution in [0.15, 0.2) is 36.4 Å². The van der Waals surface area contributed by atoms with Gasteiger partial charge in [-0.3, -0.25) is 10.5 Å². The Morgan fingerprint density at radius 3 is 2.57 bits per heavy atom. The van der Waals surface area contributed by atoms with Gasteiger partial charge in [0.2, 0.25) is 5.72 Å². The van der Waals surface area contributed by atoms with E-state index in [4.69, 9.17) is 5.73 Å². The Kier molecular flexibility index (Phi) is 4.46. The van der Waals surface area contributed by atoms with Gasteiger partial charge >= 0.3 is 12.1 Å². The van der Waals surface area contributed by atoms with Gasteiger partial charge in [0.1, 0.15) is 0 Å². The lowest BCUT2D eigenvalue weighted by Crippen LogP contribution is -2.58. The molecule has 0 aliphatic carbocycles. The highest BCUT2D eigenvalue weighted by Gasteiger charge is 2.49. The van der Waals surface area contributed by atoms with E-state index in [-0.39, 0.29) is 13.0 Å². The number of carbonyl (C=O) groups excluding carboxylic acids is 2. The molecular formula is C15H15F3N2O3. The van der Waals surface area contributed by atoms with E-state index in [1.165, 1.54) is 11.0 Å². The number of nitrogens with zero attached hydrogens (tertiary/aromatic N) is 1. The molecule has 0 aromatic heterocycles. The van der Waals surface area contributed by atoms with Gasteiger partial charge in [-0.15, -0.1) is 0 Å². The quantitative estimate of drug-likeness (QED) is 0.512. The molecule has 0 saturated carbocycles. The molecule has 1 heterocycles. The molecule has 0 fully saturated rings. The smallest absolute Gasteiger partial charge is 0.427 e. The van der Waals surface area contributed by atoms with E-state index in [9.17, 15) is 22.8 Å². The average Bonchev–Trinajstić information content (AvgIpc) is 2.59. The first-order valence-electron chi connectivity index (χ1n) is 6.77. The lowest BCUT2D eigenvalue weighted by molar-refractivity contribution is -0.213. The average molecular weight is 328 g/mol. The topological polar surface area (TPSA) is 72.6 Å². The first kappa shape index (κ1) is 17.0. The lowest BCUT2D eigenvalue weighted by atomic mass is 10.1. The number of hydrogen-bond donors (Lipinski definition) is 1. The molecule has 1 aliphatic rings. The summed E-state index contributed by atoms with van der Waals surface area (Å²) in [4.78, 5) is 24.9. The molecule has 0 saturated heterocycles. The summed E-state index contributed by atoms with van der Waals surface area (Å²) in [5.74, 6) is -3.40. The van der Waals surface area contributed by atoms with Crippen molar-refractivity contribution >= 4 is 17.6 Å². The Balaban J connectivity index is 2.35. The van der Waals surface area contributed by atoms with Crippen LogP contribution in [0, 0.1) is 6.92 Å². The maximum atomic E-state index is 12.6. The van der Waals surface area contributed by atoms with Crippen LogP contribution < -0.4 is 10.6 Å². The molecule has 0 radical (unpaired) electrons. The van der Waals surface area contributed by atoms with Crippen LogP contribution in [0.1, 0.15) is 12.0 Å². The highest BCUT2D eigenvalue weighted by molar-refractivity contribution is 6.01. The molecule has 1 atom stereocenters. The maximum absolute atomic E-state index is 12.6. The Morgan fingerprint density at radius 1 is 1.30 bits per heavy atom. The summed E-state index contributed by atoms with van der Waals surface area (Å²) >= 11 is 0. The Bertz CT molecular complexity index is 658. The van der Waals surface area contributed by atoms with Gasteiger partial charge in [-0.1, -0.05) is 30.4 Å². The molecule has 1 aromatic rings. The number of anilines is 1. The predicted molar refractivity (Wildman–Crippen MR) is 76.4 cm³/mol. The van der Waals surface area contributed by atoms with Gasteiger partial charge in [0.15, 0.2) is 0 Å². The fraction of sp³-hybridized carbons (Fsp3) is 0.333. The van der Waals surface area contributed by atoms with Crippen molar-refractivity contribution in [3.05, 3.63) is 42.0 Å². The standard InChI is InChI=1S/C15H15F3N2O3/c1-10-6-2-3-7-11(10)20-9-5-4-8-14(19,12(20)21)23-13(22)15(16,17)18/h2-7H,8-9,19H2,1H3/t14-/m0/s1. The Hall–Kier alpha value is -2.35. The van der Waals surface area contributed by atoms with Gasteiger partial charge in [0.25, 0.3) is 5.91 Å². The van der Waals surface area contributed by atoms with Crippen molar-refractivity contribution in [1.29, 1.82) is 0 Å². The molecule has 1 aromatic carbocycles.